The Hall–Kier alpha value is -8.67. The Bertz CT molecular complexity index is 3710. The molecule has 12 aromatic rings. The van der Waals surface area contributed by atoms with E-state index < -0.39 is 0 Å². The van der Waals surface area contributed by atoms with Gasteiger partial charge in [0.1, 0.15) is 17.1 Å². The summed E-state index contributed by atoms with van der Waals surface area (Å²) in [6.45, 7) is 0. The zero-order valence-electron chi connectivity index (χ0n) is 34.5. The molecule has 3 heterocycles. The molecule has 5 nitrogen and oxygen atoms in total. The minimum absolute atomic E-state index is 0.812. The van der Waals surface area contributed by atoms with Gasteiger partial charge < -0.3 is 19.0 Å². The number of pyridine rings is 1. The van der Waals surface area contributed by atoms with E-state index in [2.05, 4.69) is 197 Å². The number of ether oxygens (including phenoxy) is 1. The Morgan fingerprint density at radius 2 is 0.938 bits per heavy atom. The molecule has 1 aliphatic heterocycles. The van der Waals surface area contributed by atoms with E-state index in [1.807, 2.05) is 42.7 Å². The van der Waals surface area contributed by atoms with Crippen LogP contribution in [0.2, 0.25) is 0 Å². The summed E-state index contributed by atoms with van der Waals surface area (Å²) in [5.74, 6) is 1.66. The van der Waals surface area contributed by atoms with Crippen LogP contribution in [0.15, 0.2) is 229 Å². The third kappa shape index (κ3) is 5.68. The van der Waals surface area contributed by atoms with Crippen molar-refractivity contribution in [3.05, 3.63) is 225 Å². The zero-order chi connectivity index (χ0) is 42.1. The number of rotatable bonds is 7. The van der Waals surface area contributed by atoms with Crippen molar-refractivity contribution >= 4 is 88.4 Å². The highest BCUT2D eigenvalue weighted by molar-refractivity contribution is 6.25. The van der Waals surface area contributed by atoms with Gasteiger partial charge in [-0.3, -0.25) is 4.98 Å². The molecule has 0 atom stereocenters. The first-order valence-corrected chi connectivity index (χ1v) is 21.6. The molecule has 0 saturated carbocycles. The van der Waals surface area contributed by atoms with Gasteiger partial charge in [0.05, 0.1) is 11.4 Å². The largest absolute Gasteiger partial charge is 0.456 e. The standard InChI is InChI=1S/C59H37N3O2/c1-3-13-39(14-4-1)61(42-31-33-60-34-32-42)41-27-25-38(26-28-41)50-36-52-48-20-12-24-56-58(48)53(37-51(52)45-18-8-7-17-44(45)50)47-30-29-43(35-57(47)63-56)62(40-15-5-2-6-16-40)54-22-11-21-49-46-19-9-10-23-55(46)64-59(49)54/h1-37H. The van der Waals surface area contributed by atoms with Crippen molar-refractivity contribution in [3.8, 4) is 33.8 Å². The van der Waals surface area contributed by atoms with Crippen molar-refractivity contribution in [1.29, 1.82) is 0 Å². The zero-order valence-corrected chi connectivity index (χ0v) is 34.5. The molecule has 64 heavy (non-hydrogen) atoms. The van der Waals surface area contributed by atoms with E-state index in [0.29, 0.717) is 0 Å². The number of nitrogens with zero attached hydrogens (tertiary/aromatic N) is 3. The minimum Gasteiger partial charge on any atom is -0.456 e. The van der Waals surface area contributed by atoms with E-state index in [0.717, 1.165) is 89.6 Å². The predicted molar refractivity (Wildman–Crippen MR) is 264 cm³/mol. The number of anilines is 6. The third-order valence-corrected chi connectivity index (χ3v) is 12.7. The van der Waals surface area contributed by atoms with Crippen LogP contribution in [0.25, 0.3) is 76.5 Å². The minimum atomic E-state index is 0.812. The molecule has 0 bridgehead atoms. The molecular weight excluding hydrogens is 783 g/mol. The fourth-order valence-corrected chi connectivity index (χ4v) is 9.86. The normalized spacial score (nSPS) is 11.9. The number of benzene rings is 10. The second-order valence-corrected chi connectivity index (χ2v) is 16.3. The number of fused-ring (bicyclic) bond motifs is 9. The lowest BCUT2D eigenvalue weighted by molar-refractivity contribution is 0.487. The lowest BCUT2D eigenvalue weighted by Gasteiger charge is -2.28. The summed E-state index contributed by atoms with van der Waals surface area (Å²) in [7, 11) is 0. The Kier molecular flexibility index (Phi) is 8.15. The van der Waals surface area contributed by atoms with Gasteiger partial charge in [-0.2, -0.15) is 0 Å². The third-order valence-electron chi connectivity index (χ3n) is 12.7. The monoisotopic (exact) mass is 819 g/mol. The maximum absolute atomic E-state index is 6.95. The second kappa shape index (κ2) is 14.5. The molecule has 0 amide bonds. The summed E-state index contributed by atoms with van der Waals surface area (Å²) >= 11 is 0. The van der Waals surface area contributed by atoms with E-state index in [9.17, 15) is 0 Å². The van der Waals surface area contributed by atoms with Crippen LogP contribution < -0.4 is 14.5 Å². The highest BCUT2D eigenvalue weighted by atomic mass is 16.5. The van der Waals surface area contributed by atoms with Crippen LogP contribution >= 0.6 is 0 Å². The Morgan fingerprint density at radius 3 is 1.73 bits per heavy atom. The van der Waals surface area contributed by atoms with E-state index in [4.69, 9.17) is 9.15 Å². The van der Waals surface area contributed by atoms with Gasteiger partial charge in [0.2, 0.25) is 0 Å². The molecule has 13 rings (SSSR count). The molecule has 2 aromatic heterocycles. The summed E-state index contributed by atoms with van der Waals surface area (Å²) in [5, 5.41) is 9.29. The van der Waals surface area contributed by atoms with Gasteiger partial charge in [-0.05, 0) is 135 Å². The van der Waals surface area contributed by atoms with Crippen molar-refractivity contribution in [1.82, 2.24) is 4.98 Å². The second-order valence-electron chi connectivity index (χ2n) is 16.3. The summed E-state index contributed by atoms with van der Waals surface area (Å²) in [4.78, 5) is 8.81. The van der Waals surface area contributed by atoms with Gasteiger partial charge in [0, 0.05) is 62.9 Å². The number of hydrogen-bond donors (Lipinski definition) is 0. The molecule has 5 heteroatoms. The van der Waals surface area contributed by atoms with Crippen LogP contribution in [0.3, 0.4) is 0 Å². The van der Waals surface area contributed by atoms with Crippen LogP contribution in [0.5, 0.6) is 11.5 Å². The first-order valence-electron chi connectivity index (χ1n) is 21.6. The van der Waals surface area contributed by atoms with E-state index in [-0.39, 0.29) is 0 Å². The Balaban J connectivity index is 0.953. The van der Waals surface area contributed by atoms with Crippen LogP contribution in [-0.4, -0.2) is 4.98 Å². The maximum Gasteiger partial charge on any atom is 0.159 e. The van der Waals surface area contributed by atoms with Crippen LogP contribution in [0, 0.1) is 0 Å². The number of para-hydroxylation sites is 4. The molecule has 0 saturated heterocycles. The van der Waals surface area contributed by atoms with Crippen LogP contribution in [0.1, 0.15) is 0 Å². The van der Waals surface area contributed by atoms with Gasteiger partial charge in [0.15, 0.2) is 5.58 Å². The average molecular weight is 820 g/mol. The summed E-state index contributed by atoms with van der Waals surface area (Å²) < 4.78 is 13.5. The molecule has 0 N–H and O–H groups in total. The molecule has 0 fully saturated rings. The molecule has 0 spiro atoms. The lowest BCUT2D eigenvalue weighted by atomic mass is 9.86. The summed E-state index contributed by atoms with van der Waals surface area (Å²) in [5.41, 5.74) is 12.5. The van der Waals surface area contributed by atoms with Crippen molar-refractivity contribution in [2.75, 3.05) is 9.80 Å². The van der Waals surface area contributed by atoms with Gasteiger partial charge in [-0.15, -0.1) is 0 Å². The van der Waals surface area contributed by atoms with Crippen molar-refractivity contribution in [2.24, 2.45) is 0 Å². The van der Waals surface area contributed by atoms with Crippen molar-refractivity contribution in [3.63, 3.8) is 0 Å². The maximum atomic E-state index is 6.95. The van der Waals surface area contributed by atoms with Gasteiger partial charge in [-0.25, -0.2) is 0 Å². The van der Waals surface area contributed by atoms with Crippen LogP contribution in [-0.2, 0) is 0 Å². The molecule has 300 valence electrons. The molecule has 0 unspecified atom stereocenters. The molecular formula is C59H37N3O2. The molecule has 10 aromatic carbocycles. The average Bonchev–Trinajstić information content (AvgIpc) is 3.75. The quantitative estimate of drug-likeness (QED) is 0.150. The molecule has 0 aliphatic carbocycles. The number of aromatic nitrogens is 1. The first-order chi connectivity index (χ1) is 31.7. The van der Waals surface area contributed by atoms with Gasteiger partial charge in [-0.1, -0.05) is 115 Å². The number of furan rings is 1. The van der Waals surface area contributed by atoms with Crippen LogP contribution in [0.4, 0.5) is 34.1 Å². The van der Waals surface area contributed by atoms with E-state index >= 15 is 0 Å². The molecule has 0 radical (unpaired) electrons. The molecule has 1 aliphatic rings. The highest BCUT2D eigenvalue weighted by Crippen LogP contribution is 2.52. The lowest BCUT2D eigenvalue weighted by Crippen LogP contribution is -2.10. The van der Waals surface area contributed by atoms with E-state index in [1.165, 1.54) is 32.5 Å². The number of hydrogen-bond acceptors (Lipinski definition) is 5. The van der Waals surface area contributed by atoms with Crippen molar-refractivity contribution in [2.45, 2.75) is 0 Å². The van der Waals surface area contributed by atoms with Gasteiger partial charge in [0.25, 0.3) is 0 Å². The smallest absolute Gasteiger partial charge is 0.159 e. The Labute approximate surface area is 369 Å². The SMILES string of the molecule is c1ccc(N(c2ccncc2)c2ccc(-c3cc4c5cccc6c5c(cc4c4ccccc34)-c3ccc(N(c4ccccc4)c4cccc5c4oc4ccccc45)cc3O6)cc2)cc1. The fraction of sp³-hybridized carbons (Fsp3) is 0. The van der Waals surface area contributed by atoms with E-state index in [1.54, 1.807) is 0 Å². The van der Waals surface area contributed by atoms with Gasteiger partial charge >= 0.3 is 0 Å². The first kappa shape index (κ1) is 36.0. The van der Waals surface area contributed by atoms with Crippen molar-refractivity contribution < 1.29 is 9.15 Å². The fourth-order valence-electron chi connectivity index (χ4n) is 9.86. The predicted octanol–water partition coefficient (Wildman–Crippen LogP) is 16.8. The topological polar surface area (TPSA) is 41.7 Å². The summed E-state index contributed by atoms with van der Waals surface area (Å²) in [6, 6.07) is 75.2. The Morgan fingerprint density at radius 1 is 0.344 bits per heavy atom. The highest BCUT2D eigenvalue weighted by Gasteiger charge is 2.26. The summed E-state index contributed by atoms with van der Waals surface area (Å²) in [6.07, 6.45) is 3.68.